The second-order valence-electron chi connectivity index (χ2n) is 5.24. The Bertz CT molecular complexity index is 810. The monoisotopic (exact) mass is 349 g/mol. The summed E-state index contributed by atoms with van der Waals surface area (Å²) in [5, 5.41) is 4.29. The Hall–Kier alpha value is -1.93. The van der Waals surface area contributed by atoms with Crippen LogP contribution in [0.1, 0.15) is 6.42 Å². The summed E-state index contributed by atoms with van der Waals surface area (Å²) < 4.78 is 22.9. The minimum absolute atomic E-state index is 0.0700. The fourth-order valence-electron chi connectivity index (χ4n) is 2.30. The zero-order chi connectivity index (χ0) is 16.3. The van der Waals surface area contributed by atoms with Gasteiger partial charge in [-0.3, -0.25) is 4.79 Å². The van der Waals surface area contributed by atoms with E-state index in [0.29, 0.717) is 17.1 Å². The SMILES string of the molecule is O=C(Nc1ccnc(Sc2ccccn2)c1)C1CCS(=O)(=O)C1. The van der Waals surface area contributed by atoms with Crippen LogP contribution in [0, 0.1) is 5.92 Å². The Morgan fingerprint density at radius 2 is 2.00 bits per heavy atom. The van der Waals surface area contributed by atoms with Crippen LogP contribution in [0.15, 0.2) is 52.8 Å². The summed E-state index contributed by atoms with van der Waals surface area (Å²) in [5.41, 5.74) is 0.604. The fraction of sp³-hybridized carbons (Fsp3) is 0.267. The van der Waals surface area contributed by atoms with Crippen molar-refractivity contribution >= 4 is 33.2 Å². The molecule has 3 rings (SSSR count). The molecule has 2 aromatic rings. The van der Waals surface area contributed by atoms with E-state index in [1.807, 2.05) is 18.2 Å². The molecule has 1 amide bonds. The van der Waals surface area contributed by atoms with Gasteiger partial charge in [-0.25, -0.2) is 18.4 Å². The van der Waals surface area contributed by atoms with Crippen molar-refractivity contribution in [1.29, 1.82) is 0 Å². The van der Waals surface area contributed by atoms with Crippen molar-refractivity contribution in [1.82, 2.24) is 9.97 Å². The highest BCUT2D eigenvalue weighted by atomic mass is 32.2. The number of sulfone groups is 1. The lowest BCUT2D eigenvalue weighted by Crippen LogP contribution is -2.23. The summed E-state index contributed by atoms with van der Waals surface area (Å²) >= 11 is 1.39. The first kappa shape index (κ1) is 15.9. The molecule has 0 radical (unpaired) electrons. The molecule has 0 saturated carbocycles. The van der Waals surface area contributed by atoms with Gasteiger partial charge in [0.05, 0.1) is 17.4 Å². The average molecular weight is 349 g/mol. The molecular weight excluding hydrogens is 334 g/mol. The zero-order valence-electron chi connectivity index (χ0n) is 12.2. The molecule has 3 heterocycles. The van der Waals surface area contributed by atoms with Gasteiger partial charge in [0, 0.05) is 18.1 Å². The van der Waals surface area contributed by atoms with Gasteiger partial charge in [0.25, 0.3) is 0 Å². The van der Waals surface area contributed by atoms with E-state index in [4.69, 9.17) is 0 Å². The van der Waals surface area contributed by atoms with E-state index in [-0.39, 0.29) is 17.4 Å². The van der Waals surface area contributed by atoms with Gasteiger partial charge in [0.2, 0.25) is 5.91 Å². The summed E-state index contributed by atoms with van der Waals surface area (Å²) in [7, 11) is -3.07. The minimum atomic E-state index is -3.07. The standard InChI is InChI=1S/C15H15N3O3S2/c19-15(11-5-8-23(20,21)10-11)18-12-4-7-17-14(9-12)22-13-3-1-2-6-16-13/h1-4,6-7,9,11H,5,8,10H2,(H,17,18,19). The average Bonchev–Trinajstić information content (AvgIpc) is 2.89. The number of rotatable bonds is 4. The third-order valence-electron chi connectivity index (χ3n) is 3.45. The molecule has 0 aromatic carbocycles. The third kappa shape index (κ3) is 4.29. The molecule has 0 spiro atoms. The maximum atomic E-state index is 12.2. The predicted octanol–water partition coefficient (Wildman–Crippen LogP) is 2.00. The second-order valence-corrected chi connectivity index (χ2v) is 8.51. The van der Waals surface area contributed by atoms with Crippen molar-refractivity contribution in [3.8, 4) is 0 Å². The number of pyridine rings is 2. The van der Waals surface area contributed by atoms with E-state index >= 15 is 0 Å². The van der Waals surface area contributed by atoms with Gasteiger partial charge in [-0.05, 0) is 30.7 Å². The normalized spacial score (nSPS) is 19.4. The highest BCUT2D eigenvalue weighted by Gasteiger charge is 2.32. The number of nitrogens with one attached hydrogen (secondary N) is 1. The number of carbonyl (C=O) groups excluding carboxylic acids is 1. The van der Waals surface area contributed by atoms with E-state index in [0.717, 1.165) is 5.03 Å². The van der Waals surface area contributed by atoms with Crippen molar-refractivity contribution < 1.29 is 13.2 Å². The summed E-state index contributed by atoms with van der Waals surface area (Å²) in [6, 6.07) is 9.04. The molecule has 8 heteroatoms. The Labute approximate surface area is 138 Å². The topological polar surface area (TPSA) is 89.0 Å². The Morgan fingerprint density at radius 3 is 2.70 bits per heavy atom. The van der Waals surface area contributed by atoms with E-state index in [9.17, 15) is 13.2 Å². The van der Waals surface area contributed by atoms with Crippen LogP contribution >= 0.6 is 11.8 Å². The first-order valence-electron chi connectivity index (χ1n) is 7.08. The molecule has 1 saturated heterocycles. The van der Waals surface area contributed by atoms with Crippen LogP contribution < -0.4 is 5.32 Å². The highest BCUT2D eigenvalue weighted by Crippen LogP contribution is 2.26. The van der Waals surface area contributed by atoms with E-state index in [1.165, 1.54) is 11.8 Å². The molecule has 1 N–H and O–H groups in total. The maximum Gasteiger partial charge on any atom is 0.228 e. The number of nitrogens with zero attached hydrogens (tertiary/aromatic N) is 2. The van der Waals surface area contributed by atoms with Crippen LogP contribution in [0.2, 0.25) is 0 Å². The van der Waals surface area contributed by atoms with Crippen molar-refractivity contribution in [2.75, 3.05) is 16.8 Å². The largest absolute Gasteiger partial charge is 0.326 e. The molecule has 1 atom stereocenters. The van der Waals surface area contributed by atoms with Gasteiger partial charge in [0.1, 0.15) is 10.1 Å². The lowest BCUT2D eigenvalue weighted by atomic mass is 10.1. The molecule has 120 valence electrons. The van der Waals surface area contributed by atoms with Crippen LogP contribution in [-0.2, 0) is 14.6 Å². The number of hydrogen-bond acceptors (Lipinski definition) is 6. The van der Waals surface area contributed by atoms with Gasteiger partial charge >= 0.3 is 0 Å². The first-order valence-corrected chi connectivity index (χ1v) is 9.72. The molecule has 0 bridgehead atoms. The lowest BCUT2D eigenvalue weighted by Gasteiger charge is -2.10. The van der Waals surface area contributed by atoms with Crippen molar-refractivity contribution in [2.24, 2.45) is 5.92 Å². The summed E-state index contributed by atoms with van der Waals surface area (Å²) in [4.78, 5) is 20.6. The molecule has 1 aliphatic rings. The van der Waals surface area contributed by atoms with E-state index in [1.54, 1.807) is 24.5 Å². The second kappa shape index (κ2) is 6.67. The smallest absolute Gasteiger partial charge is 0.228 e. The van der Waals surface area contributed by atoms with Crippen molar-refractivity contribution in [3.05, 3.63) is 42.7 Å². The lowest BCUT2D eigenvalue weighted by molar-refractivity contribution is -0.119. The van der Waals surface area contributed by atoms with Crippen molar-refractivity contribution in [3.63, 3.8) is 0 Å². The van der Waals surface area contributed by atoms with Gasteiger partial charge in [-0.2, -0.15) is 0 Å². The Morgan fingerprint density at radius 1 is 1.17 bits per heavy atom. The van der Waals surface area contributed by atoms with Crippen LogP contribution in [0.4, 0.5) is 5.69 Å². The molecule has 23 heavy (non-hydrogen) atoms. The van der Waals surface area contributed by atoms with Crippen LogP contribution in [-0.4, -0.2) is 35.8 Å². The van der Waals surface area contributed by atoms with Crippen molar-refractivity contribution in [2.45, 2.75) is 16.5 Å². The number of hydrogen-bond donors (Lipinski definition) is 1. The van der Waals surface area contributed by atoms with Gasteiger partial charge in [-0.1, -0.05) is 17.8 Å². The summed E-state index contributed by atoms with van der Waals surface area (Å²) in [5.74, 6) is -0.715. The van der Waals surface area contributed by atoms with Gasteiger partial charge in [-0.15, -0.1) is 0 Å². The minimum Gasteiger partial charge on any atom is -0.326 e. The van der Waals surface area contributed by atoms with Crippen LogP contribution in [0.3, 0.4) is 0 Å². The fourth-order valence-corrected chi connectivity index (χ4v) is 4.82. The number of amides is 1. The van der Waals surface area contributed by atoms with Gasteiger partial charge < -0.3 is 5.32 Å². The van der Waals surface area contributed by atoms with E-state index < -0.39 is 15.8 Å². The quantitative estimate of drug-likeness (QED) is 0.908. The Kier molecular flexibility index (Phi) is 4.63. The molecule has 2 aromatic heterocycles. The maximum absolute atomic E-state index is 12.2. The predicted molar refractivity (Wildman–Crippen MR) is 88.0 cm³/mol. The van der Waals surface area contributed by atoms with Crippen LogP contribution in [0.25, 0.3) is 0 Å². The molecule has 1 aliphatic heterocycles. The first-order chi connectivity index (χ1) is 11.0. The molecule has 0 aliphatic carbocycles. The molecule has 1 fully saturated rings. The van der Waals surface area contributed by atoms with E-state index in [2.05, 4.69) is 15.3 Å². The summed E-state index contributed by atoms with van der Waals surface area (Å²) in [6.07, 6.45) is 3.69. The zero-order valence-corrected chi connectivity index (χ0v) is 13.8. The third-order valence-corrected chi connectivity index (χ3v) is 6.10. The van der Waals surface area contributed by atoms with Gasteiger partial charge in [0.15, 0.2) is 9.84 Å². The highest BCUT2D eigenvalue weighted by molar-refractivity contribution is 7.99. The van der Waals surface area contributed by atoms with Crippen LogP contribution in [0.5, 0.6) is 0 Å². The molecule has 1 unspecified atom stereocenters. The molecule has 6 nitrogen and oxygen atoms in total. The molecular formula is C15H15N3O3S2. The number of aromatic nitrogens is 2. The Balaban J connectivity index is 1.67. The number of anilines is 1. The summed E-state index contributed by atoms with van der Waals surface area (Å²) in [6.45, 7) is 0. The number of carbonyl (C=O) groups is 1.